The molecule has 0 saturated heterocycles. The van der Waals surface area contributed by atoms with E-state index < -0.39 is 0 Å². The van der Waals surface area contributed by atoms with E-state index in [4.69, 9.17) is 0 Å². The molecule has 4 nitrogen and oxygen atoms in total. The quantitative estimate of drug-likeness (QED) is 0.891. The molecular formula is C13H15N3OS. The van der Waals surface area contributed by atoms with Gasteiger partial charge in [-0.3, -0.25) is 9.89 Å². The average Bonchev–Trinajstić information content (AvgIpc) is 3.12. The van der Waals surface area contributed by atoms with Gasteiger partial charge in [-0.15, -0.1) is 11.3 Å². The number of hydrogen-bond donors (Lipinski definition) is 2. The minimum atomic E-state index is 0.108. The smallest absolute Gasteiger partial charge is 0.228 e. The second-order valence-electron chi connectivity index (χ2n) is 4.61. The van der Waals surface area contributed by atoms with Crippen molar-refractivity contribution in [3.63, 3.8) is 0 Å². The van der Waals surface area contributed by atoms with Crippen LogP contribution in [0.5, 0.6) is 0 Å². The van der Waals surface area contributed by atoms with Crippen LogP contribution in [-0.4, -0.2) is 16.1 Å². The number of thiophene rings is 1. The average molecular weight is 261 g/mol. The normalized spacial score (nSPS) is 16.0. The van der Waals surface area contributed by atoms with E-state index in [0.29, 0.717) is 5.82 Å². The van der Waals surface area contributed by atoms with Crippen molar-refractivity contribution in [2.24, 2.45) is 5.92 Å². The van der Waals surface area contributed by atoms with Crippen LogP contribution in [0.1, 0.15) is 25.7 Å². The molecule has 18 heavy (non-hydrogen) atoms. The summed E-state index contributed by atoms with van der Waals surface area (Å²) in [5.41, 5.74) is 0.951. The first kappa shape index (κ1) is 11.5. The van der Waals surface area contributed by atoms with Crippen molar-refractivity contribution in [2.75, 3.05) is 5.32 Å². The summed E-state index contributed by atoms with van der Waals surface area (Å²) in [5.74, 6) is 0.902. The molecule has 0 radical (unpaired) electrons. The van der Waals surface area contributed by atoms with E-state index in [2.05, 4.69) is 15.5 Å². The number of rotatable bonds is 3. The fourth-order valence-corrected chi connectivity index (χ4v) is 3.05. The first-order chi connectivity index (χ1) is 8.83. The van der Waals surface area contributed by atoms with Gasteiger partial charge in [-0.2, -0.15) is 5.10 Å². The molecule has 0 aromatic carbocycles. The number of aromatic amines is 1. The van der Waals surface area contributed by atoms with E-state index in [0.717, 1.165) is 23.4 Å². The van der Waals surface area contributed by atoms with Crippen LogP contribution in [0, 0.1) is 5.92 Å². The summed E-state index contributed by atoms with van der Waals surface area (Å²) in [4.78, 5) is 13.1. The van der Waals surface area contributed by atoms with Gasteiger partial charge in [0, 0.05) is 12.0 Å². The number of anilines is 1. The largest absolute Gasteiger partial charge is 0.309 e. The molecule has 0 unspecified atom stereocenters. The predicted octanol–water partition coefficient (Wildman–Crippen LogP) is 3.27. The van der Waals surface area contributed by atoms with Crippen LogP contribution in [0.3, 0.4) is 0 Å². The highest BCUT2D eigenvalue weighted by atomic mass is 32.1. The fourth-order valence-electron chi connectivity index (χ4n) is 2.36. The zero-order valence-electron chi connectivity index (χ0n) is 9.98. The van der Waals surface area contributed by atoms with E-state index in [-0.39, 0.29) is 11.8 Å². The molecule has 1 saturated carbocycles. The van der Waals surface area contributed by atoms with Gasteiger partial charge in [0.05, 0.1) is 10.6 Å². The zero-order valence-corrected chi connectivity index (χ0v) is 10.8. The molecule has 5 heteroatoms. The van der Waals surface area contributed by atoms with E-state index in [1.54, 1.807) is 11.3 Å². The summed E-state index contributed by atoms with van der Waals surface area (Å²) < 4.78 is 0. The monoisotopic (exact) mass is 261 g/mol. The number of nitrogens with one attached hydrogen (secondary N) is 2. The lowest BCUT2D eigenvalue weighted by Gasteiger charge is -2.07. The first-order valence-electron chi connectivity index (χ1n) is 6.23. The summed E-state index contributed by atoms with van der Waals surface area (Å²) in [5, 5.41) is 12.0. The number of nitrogens with zero attached hydrogens (tertiary/aromatic N) is 1. The molecule has 0 bridgehead atoms. The van der Waals surface area contributed by atoms with Crippen molar-refractivity contribution in [1.82, 2.24) is 10.2 Å². The topological polar surface area (TPSA) is 57.8 Å². The molecule has 0 aliphatic heterocycles. The number of aromatic nitrogens is 2. The highest BCUT2D eigenvalue weighted by Gasteiger charge is 2.23. The maximum Gasteiger partial charge on any atom is 0.228 e. The molecule has 0 spiro atoms. The van der Waals surface area contributed by atoms with Crippen LogP contribution in [0.4, 0.5) is 5.82 Å². The molecule has 1 aliphatic rings. The van der Waals surface area contributed by atoms with Gasteiger partial charge in [-0.25, -0.2) is 0 Å². The zero-order chi connectivity index (χ0) is 12.4. The van der Waals surface area contributed by atoms with E-state index in [1.807, 2.05) is 23.6 Å². The van der Waals surface area contributed by atoms with Crippen molar-refractivity contribution in [3.8, 4) is 10.6 Å². The molecule has 2 heterocycles. The van der Waals surface area contributed by atoms with E-state index in [1.165, 1.54) is 12.8 Å². The maximum atomic E-state index is 11.9. The maximum absolute atomic E-state index is 11.9. The van der Waals surface area contributed by atoms with Crippen LogP contribution in [0.15, 0.2) is 23.6 Å². The lowest BCUT2D eigenvalue weighted by Crippen LogP contribution is -2.20. The van der Waals surface area contributed by atoms with Gasteiger partial charge in [-0.1, -0.05) is 18.9 Å². The van der Waals surface area contributed by atoms with Gasteiger partial charge in [-0.05, 0) is 24.3 Å². The Morgan fingerprint density at radius 3 is 3.00 bits per heavy atom. The Hall–Kier alpha value is -1.62. The third kappa shape index (κ3) is 2.31. The summed E-state index contributed by atoms with van der Waals surface area (Å²) in [6, 6.07) is 5.91. The van der Waals surface area contributed by atoms with Crippen molar-refractivity contribution >= 4 is 23.1 Å². The van der Waals surface area contributed by atoms with Crippen LogP contribution in [0.25, 0.3) is 10.6 Å². The molecule has 3 rings (SSSR count). The van der Waals surface area contributed by atoms with Crippen molar-refractivity contribution in [1.29, 1.82) is 0 Å². The lowest BCUT2D eigenvalue weighted by atomic mass is 10.1. The van der Waals surface area contributed by atoms with Crippen LogP contribution < -0.4 is 5.32 Å². The number of carbonyl (C=O) groups excluding carboxylic acids is 1. The van der Waals surface area contributed by atoms with Gasteiger partial charge in [0.15, 0.2) is 5.82 Å². The number of hydrogen-bond acceptors (Lipinski definition) is 3. The predicted molar refractivity (Wildman–Crippen MR) is 72.5 cm³/mol. The number of amides is 1. The standard InChI is InChI=1S/C13H15N3OS/c17-13(9-4-1-2-5-9)14-12-8-10(15-16-12)11-6-3-7-18-11/h3,6-9H,1-2,4-5H2,(H2,14,15,16,17). The highest BCUT2D eigenvalue weighted by molar-refractivity contribution is 7.13. The molecule has 1 amide bonds. The molecule has 2 aromatic rings. The van der Waals surface area contributed by atoms with Gasteiger partial charge < -0.3 is 5.32 Å². The van der Waals surface area contributed by atoms with Crippen molar-refractivity contribution in [2.45, 2.75) is 25.7 Å². The SMILES string of the molecule is O=C(Nc1cc(-c2cccs2)[nH]n1)C1CCCC1. The Labute approximate surface area is 109 Å². The Balaban J connectivity index is 1.68. The molecule has 2 N–H and O–H groups in total. The van der Waals surface area contributed by atoms with Crippen LogP contribution in [0.2, 0.25) is 0 Å². The number of carbonyl (C=O) groups is 1. The Kier molecular flexibility index (Phi) is 3.15. The lowest BCUT2D eigenvalue weighted by molar-refractivity contribution is -0.119. The van der Waals surface area contributed by atoms with Gasteiger partial charge in [0.1, 0.15) is 0 Å². The Bertz CT molecular complexity index is 526. The number of H-pyrrole nitrogens is 1. The summed E-state index contributed by atoms with van der Waals surface area (Å²) in [6.07, 6.45) is 4.35. The molecular weight excluding hydrogens is 246 g/mol. The molecule has 1 aliphatic carbocycles. The van der Waals surface area contributed by atoms with Crippen molar-refractivity contribution < 1.29 is 4.79 Å². The van der Waals surface area contributed by atoms with E-state index >= 15 is 0 Å². The minimum Gasteiger partial charge on any atom is -0.309 e. The minimum absolute atomic E-state index is 0.108. The third-order valence-corrected chi connectivity index (χ3v) is 4.24. The summed E-state index contributed by atoms with van der Waals surface area (Å²) >= 11 is 1.65. The second-order valence-corrected chi connectivity index (χ2v) is 5.56. The molecule has 0 atom stereocenters. The van der Waals surface area contributed by atoms with Crippen LogP contribution >= 0.6 is 11.3 Å². The highest BCUT2D eigenvalue weighted by Crippen LogP contribution is 2.27. The summed E-state index contributed by atoms with van der Waals surface area (Å²) in [7, 11) is 0. The van der Waals surface area contributed by atoms with Crippen molar-refractivity contribution in [3.05, 3.63) is 23.6 Å². The fraction of sp³-hybridized carbons (Fsp3) is 0.385. The Morgan fingerprint density at radius 2 is 2.28 bits per heavy atom. The molecule has 94 valence electrons. The van der Waals surface area contributed by atoms with Gasteiger partial charge in [0.25, 0.3) is 0 Å². The second kappa shape index (κ2) is 4.94. The van der Waals surface area contributed by atoms with E-state index in [9.17, 15) is 4.79 Å². The first-order valence-corrected chi connectivity index (χ1v) is 7.11. The molecule has 2 aromatic heterocycles. The van der Waals surface area contributed by atoms with Gasteiger partial charge in [0.2, 0.25) is 5.91 Å². The third-order valence-electron chi connectivity index (χ3n) is 3.34. The van der Waals surface area contributed by atoms with Gasteiger partial charge >= 0.3 is 0 Å². The van der Waals surface area contributed by atoms with Crippen LogP contribution in [-0.2, 0) is 4.79 Å². The Morgan fingerprint density at radius 1 is 1.44 bits per heavy atom. The molecule has 1 fully saturated rings. The summed E-state index contributed by atoms with van der Waals surface area (Å²) in [6.45, 7) is 0.